The molecule has 6 nitrogen and oxygen atoms in total. The Labute approximate surface area is 119 Å². The zero-order chi connectivity index (χ0) is 14.3. The van der Waals surface area contributed by atoms with Gasteiger partial charge in [0.15, 0.2) is 6.04 Å². The number of ether oxygens (including phenoxy) is 1. The first kappa shape index (κ1) is 15.5. The highest BCUT2D eigenvalue weighted by Gasteiger charge is 2.19. The van der Waals surface area contributed by atoms with Crippen LogP contribution in [0.5, 0.6) is 0 Å². The second kappa shape index (κ2) is 7.75. The van der Waals surface area contributed by atoms with Gasteiger partial charge in [-0.25, -0.2) is 9.59 Å². The maximum atomic E-state index is 11.5. The molecule has 0 spiro atoms. The van der Waals surface area contributed by atoms with Crippen molar-refractivity contribution >= 4 is 27.9 Å². The summed E-state index contributed by atoms with van der Waals surface area (Å²) in [4.78, 5) is 22.3. The first-order chi connectivity index (χ1) is 9.02. The molecule has 0 aromatic heterocycles. The van der Waals surface area contributed by atoms with Gasteiger partial charge in [0.2, 0.25) is 0 Å². The number of carbonyl (C=O) groups excluding carboxylic acids is 1. The van der Waals surface area contributed by atoms with E-state index in [2.05, 4.69) is 26.6 Å². The molecule has 0 aliphatic rings. The topological polar surface area (TPSA) is 87.7 Å². The lowest BCUT2D eigenvalue weighted by Crippen LogP contribution is -2.48. The van der Waals surface area contributed by atoms with Crippen LogP contribution in [0.4, 0.5) is 4.79 Å². The minimum atomic E-state index is -1.14. The predicted molar refractivity (Wildman–Crippen MR) is 72.8 cm³/mol. The van der Waals surface area contributed by atoms with E-state index in [0.717, 1.165) is 10.0 Å². The van der Waals surface area contributed by atoms with Gasteiger partial charge in [-0.15, -0.1) is 0 Å². The Kier molecular flexibility index (Phi) is 6.31. The SMILES string of the molecule is COCC(NC(=O)NCc1ccc(Br)cc1)C(=O)O. The summed E-state index contributed by atoms with van der Waals surface area (Å²) in [6.45, 7) is 0.236. The van der Waals surface area contributed by atoms with Gasteiger partial charge in [-0.1, -0.05) is 28.1 Å². The number of hydrogen-bond acceptors (Lipinski definition) is 3. The van der Waals surface area contributed by atoms with Crippen LogP contribution in [0, 0.1) is 0 Å². The Hall–Kier alpha value is -1.60. The summed E-state index contributed by atoms with van der Waals surface area (Å²) in [6.07, 6.45) is 0. The van der Waals surface area contributed by atoms with Gasteiger partial charge in [0.05, 0.1) is 6.61 Å². The standard InChI is InChI=1S/C12H15BrN2O4/c1-19-7-10(11(16)17)15-12(18)14-6-8-2-4-9(13)5-3-8/h2-5,10H,6-7H2,1H3,(H,16,17)(H2,14,15,18). The lowest BCUT2D eigenvalue weighted by Gasteiger charge is -2.14. The number of nitrogens with one attached hydrogen (secondary N) is 2. The third kappa shape index (κ3) is 5.71. The summed E-state index contributed by atoms with van der Waals surface area (Å²) >= 11 is 3.31. The van der Waals surface area contributed by atoms with E-state index in [0.29, 0.717) is 6.54 Å². The molecule has 1 aromatic carbocycles. The van der Waals surface area contributed by atoms with Crippen LogP contribution < -0.4 is 10.6 Å². The van der Waals surface area contributed by atoms with E-state index >= 15 is 0 Å². The molecule has 19 heavy (non-hydrogen) atoms. The van der Waals surface area contributed by atoms with Crippen molar-refractivity contribution in [1.82, 2.24) is 10.6 Å². The summed E-state index contributed by atoms with van der Waals surface area (Å²) in [5, 5.41) is 13.7. The van der Waals surface area contributed by atoms with Crippen LogP contribution in [-0.2, 0) is 16.1 Å². The quantitative estimate of drug-likeness (QED) is 0.734. The highest BCUT2D eigenvalue weighted by molar-refractivity contribution is 9.10. The summed E-state index contributed by atoms with van der Waals surface area (Å²) in [7, 11) is 1.37. The zero-order valence-electron chi connectivity index (χ0n) is 10.4. The summed E-state index contributed by atoms with van der Waals surface area (Å²) in [5.74, 6) is -1.14. The Balaban J connectivity index is 2.42. The predicted octanol–water partition coefficient (Wildman–Crippen LogP) is 1.35. The first-order valence-corrected chi connectivity index (χ1v) is 6.32. The highest BCUT2D eigenvalue weighted by Crippen LogP contribution is 2.10. The Morgan fingerprint density at radius 1 is 1.37 bits per heavy atom. The van der Waals surface area contributed by atoms with Gasteiger partial charge in [0.1, 0.15) is 0 Å². The lowest BCUT2D eigenvalue weighted by atomic mass is 10.2. The van der Waals surface area contributed by atoms with Gasteiger partial charge in [-0.2, -0.15) is 0 Å². The van der Waals surface area contributed by atoms with E-state index in [9.17, 15) is 9.59 Å². The minimum Gasteiger partial charge on any atom is -0.480 e. The Morgan fingerprint density at radius 2 is 2.00 bits per heavy atom. The second-order valence-corrected chi connectivity index (χ2v) is 4.72. The summed E-state index contributed by atoms with van der Waals surface area (Å²) in [5.41, 5.74) is 0.914. The number of rotatable bonds is 6. The molecule has 3 N–H and O–H groups in total. The molecule has 0 heterocycles. The van der Waals surface area contributed by atoms with Crippen molar-refractivity contribution in [2.45, 2.75) is 12.6 Å². The maximum Gasteiger partial charge on any atom is 0.328 e. The Morgan fingerprint density at radius 3 is 2.53 bits per heavy atom. The van der Waals surface area contributed by atoms with Crippen molar-refractivity contribution in [3.63, 3.8) is 0 Å². The van der Waals surface area contributed by atoms with Crippen molar-refractivity contribution in [3.05, 3.63) is 34.3 Å². The van der Waals surface area contributed by atoms with E-state index in [1.165, 1.54) is 7.11 Å². The normalized spacial score (nSPS) is 11.7. The fraction of sp³-hybridized carbons (Fsp3) is 0.333. The molecule has 0 aliphatic carbocycles. The fourth-order valence-corrected chi connectivity index (χ4v) is 1.60. The third-order valence-corrected chi connectivity index (χ3v) is 2.83. The lowest BCUT2D eigenvalue weighted by molar-refractivity contribution is -0.140. The Bertz CT molecular complexity index is 436. The van der Waals surface area contributed by atoms with E-state index in [4.69, 9.17) is 9.84 Å². The molecule has 1 rings (SSSR count). The fourth-order valence-electron chi connectivity index (χ4n) is 1.34. The molecule has 0 saturated heterocycles. The van der Waals surface area contributed by atoms with Crippen molar-refractivity contribution in [3.8, 4) is 0 Å². The largest absolute Gasteiger partial charge is 0.480 e. The number of urea groups is 1. The van der Waals surface area contributed by atoms with Crippen LogP contribution in [0.3, 0.4) is 0 Å². The van der Waals surface area contributed by atoms with Crippen molar-refractivity contribution in [2.75, 3.05) is 13.7 Å². The minimum absolute atomic E-state index is 0.0823. The number of carbonyl (C=O) groups is 2. The van der Waals surface area contributed by atoms with Crippen LogP contribution in [0.25, 0.3) is 0 Å². The number of aliphatic carboxylic acids is 1. The smallest absolute Gasteiger partial charge is 0.328 e. The molecular formula is C12H15BrN2O4. The van der Waals surface area contributed by atoms with Crippen molar-refractivity contribution < 1.29 is 19.4 Å². The van der Waals surface area contributed by atoms with Crippen molar-refractivity contribution in [1.29, 1.82) is 0 Å². The summed E-state index contributed by atoms with van der Waals surface area (Å²) < 4.78 is 5.66. The molecule has 104 valence electrons. The third-order valence-electron chi connectivity index (χ3n) is 2.30. The molecule has 1 atom stereocenters. The molecular weight excluding hydrogens is 316 g/mol. The maximum absolute atomic E-state index is 11.5. The number of amides is 2. The molecule has 0 fully saturated rings. The summed E-state index contributed by atoms with van der Waals surface area (Å²) in [6, 6.07) is 5.82. The van der Waals surface area contributed by atoms with Crippen molar-refractivity contribution in [2.24, 2.45) is 0 Å². The van der Waals surface area contributed by atoms with E-state index in [1.54, 1.807) is 0 Å². The average molecular weight is 331 g/mol. The molecule has 0 aliphatic heterocycles. The number of carboxylic acids is 1. The number of benzene rings is 1. The number of hydrogen-bond donors (Lipinski definition) is 3. The van der Waals surface area contributed by atoms with E-state index in [1.807, 2.05) is 24.3 Å². The molecule has 1 unspecified atom stereocenters. The monoisotopic (exact) mass is 330 g/mol. The molecule has 0 saturated carbocycles. The van der Waals surface area contributed by atoms with Gasteiger partial charge >= 0.3 is 12.0 Å². The van der Waals surface area contributed by atoms with Gasteiger partial charge in [0, 0.05) is 18.1 Å². The van der Waals surface area contributed by atoms with Crippen LogP contribution in [-0.4, -0.2) is 36.9 Å². The van der Waals surface area contributed by atoms with E-state index in [-0.39, 0.29) is 6.61 Å². The molecule has 7 heteroatoms. The molecule has 2 amide bonds. The van der Waals surface area contributed by atoms with Crippen LogP contribution in [0.1, 0.15) is 5.56 Å². The molecule has 0 radical (unpaired) electrons. The van der Waals surface area contributed by atoms with Gasteiger partial charge in [0.25, 0.3) is 0 Å². The average Bonchev–Trinajstić information content (AvgIpc) is 2.37. The van der Waals surface area contributed by atoms with Gasteiger partial charge in [-0.05, 0) is 17.7 Å². The number of methoxy groups -OCH3 is 1. The second-order valence-electron chi connectivity index (χ2n) is 3.80. The van der Waals surface area contributed by atoms with Crippen LogP contribution >= 0.6 is 15.9 Å². The molecule has 1 aromatic rings. The number of carboxylic acid groups (broad SMARTS) is 1. The van der Waals surface area contributed by atoms with Crippen LogP contribution in [0.15, 0.2) is 28.7 Å². The highest BCUT2D eigenvalue weighted by atomic mass is 79.9. The van der Waals surface area contributed by atoms with Crippen LogP contribution in [0.2, 0.25) is 0 Å². The first-order valence-electron chi connectivity index (χ1n) is 5.53. The van der Waals surface area contributed by atoms with E-state index < -0.39 is 18.0 Å². The van der Waals surface area contributed by atoms with Gasteiger partial charge in [-0.3, -0.25) is 0 Å². The zero-order valence-corrected chi connectivity index (χ0v) is 11.9. The van der Waals surface area contributed by atoms with Gasteiger partial charge < -0.3 is 20.5 Å². The molecule has 0 bridgehead atoms. The number of halogens is 1.